The van der Waals surface area contributed by atoms with Gasteiger partial charge in [0.25, 0.3) is 0 Å². The van der Waals surface area contributed by atoms with Gasteiger partial charge in [-0.25, -0.2) is 16.8 Å². The first kappa shape index (κ1) is 24.4. The molecule has 0 fully saturated rings. The molecule has 0 bridgehead atoms. The molecule has 168 valence electrons. The molecule has 1 atom stereocenters. The first-order valence-corrected chi connectivity index (χ1v) is 12.6. The largest absolute Gasteiger partial charge is 0.748 e. The average Bonchev–Trinajstić information content (AvgIpc) is 2.82. The monoisotopic (exact) mass is 460 g/mol. The van der Waals surface area contributed by atoms with Crippen molar-refractivity contribution in [3.63, 3.8) is 0 Å². The highest BCUT2D eigenvalue weighted by molar-refractivity contribution is 7.86. The summed E-state index contributed by atoms with van der Waals surface area (Å²) in [6.45, 7) is 5.97. The Labute approximate surface area is 177 Å². The van der Waals surface area contributed by atoms with Gasteiger partial charge in [0, 0.05) is 37.1 Å². The second-order valence-corrected chi connectivity index (χ2v) is 10.4. The molecular formula is C19H26NO8S2-. The number of hydrogen-bond donors (Lipinski definition) is 0. The molecule has 0 saturated heterocycles. The van der Waals surface area contributed by atoms with Gasteiger partial charge in [0.1, 0.15) is 16.7 Å². The summed E-state index contributed by atoms with van der Waals surface area (Å²) < 4.78 is 74.2. The lowest BCUT2D eigenvalue weighted by molar-refractivity contribution is -0.438. The van der Waals surface area contributed by atoms with Crippen LogP contribution in [0.5, 0.6) is 0 Å². The Morgan fingerprint density at radius 2 is 1.83 bits per heavy atom. The van der Waals surface area contributed by atoms with Crippen molar-refractivity contribution < 1.29 is 40.0 Å². The van der Waals surface area contributed by atoms with Crippen LogP contribution in [0.4, 0.5) is 5.69 Å². The van der Waals surface area contributed by atoms with E-state index in [0.29, 0.717) is 24.1 Å². The van der Waals surface area contributed by atoms with Gasteiger partial charge in [-0.2, -0.15) is 4.58 Å². The number of esters is 1. The Bertz CT molecular complexity index is 1060. The number of benzene rings is 1. The normalized spacial score (nSPS) is 19.1. The number of ether oxygens (including phenoxy) is 1. The van der Waals surface area contributed by atoms with E-state index in [9.17, 15) is 30.7 Å². The molecule has 0 saturated carbocycles. The zero-order valence-electron chi connectivity index (χ0n) is 17.2. The van der Waals surface area contributed by atoms with Crippen LogP contribution in [0.15, 0.2) is 23.1 Å². The first-order chi connectivity index (χ1) is 13.8. The van der Waals surface area contributed by atoms with Gasteiger partial charge in [-0.1, -0.05) is 0 Å². The lowest BCUT2D eigenvalue weighted by Crippen LogP contribution is -2.31. The Morgan fingerprint density at radius 1 is 1.17 bits per heavy atom. The van der Waals surface area contributed by atoms with E-state index < -0.39 is 31.4 Å². The summed E-state index contributed by atoms with van der Waals surface area (Å²) in [4.78, 5) is 11.3. The maximum absolute atomic E-state index is 11.7. The predicted molar refractivity (Wildman–Crippen MR) is 107 cm³/mol. The number of hydrogen-bond acceptors (Lipinski definition) is 8. The molecule has 1 aliphatic rings. The average molecular weight is 461 g/mol. The van der Waals surface area contributed by atoms with Crippen molar-refractivity contribution in [2.75, 3.05) is 18.9 Å². The summed E-state index contributed by atoms with van der Waals surface area (Å²) in [5.41, 5.74) is 1.43. The number of carbonyl (C=O) groups is 1. The number of nitrogens with zero attached hydrogens (tertiary/aromatic N) is 1. The maximum atomic E-state index is 11.7. The van der Waals surface area contributed by atoms with E-state index in [-0.39, 0.29) is 36.9 Å². The third-order valence-electron chi connectivity index (χ3n) is 5.48. The fourth-order valence-electron chi connectivity index (χ4n) is 3.84. The lowest BCUT2D eigenvalue weighted by Gasteiger charge is -2.22. The summed E-state index contributed by atoms with van der Waals surface area (Å²) in [7, 11) is -9.01. The van der Waals surface area contributed by atoms with E-state index in [1.165, 1.54) is 18.2 Å². The van der Waals surface area contributed by atoms with Gasteiger partial charge >= 0.3 is 5.97 Å². The van der Waals surface area contributed by atoms with Crippen LogP contribution in [-0.2, 0) is 35.2 Å². The second kappa shape index (κ2) is 9.13. The molecule has 0 amide bonds. The molecule has 0 aromatic heterocycles. The second-order valence-electron chi connectivity index (χ2n) is 7.48. The third kappa shape index (κ3) is 5.65. The van der Waals surface area contributed by atoms with Crippen molar-refractivity contribution in [2.45, 2.75) is 56.8 Å². The van der Waals surface area contributed by atoms with Gasteiger partial charge < -0.3 is 13.8 Å². The Balaban J connectivity index is 2.39. The van der Waals surface area contributed by atoms with Crippen molar-refractivity contribution >= 4 is 37.6 Å². The van der Waals surface area contributed by atoms with E-state index in [0.717, 1.165) is 5.71 Å². The Hall–Kier alpha value is -1.82. The summed E-state index contributed by atoms with van der Waals surface area (Å²) in [6.07, 6.45) is 1.26. The van der Waals surface area contributed by atoms with Gasteiger partial charge in [0.2, 0.25) is 5.69 Å². The summed E-state index contributed by atoms with van der Waals surface area (Å²) >= 11 is 0. The minimum atomic E-state index is -4.66. The zero-order chi connectivity index (χ0) is 22.7. The molecule has 30 heavy (non-hydrogen) atoms. The van der Waals surface area contributed by atoms with Crippen LogP contribution < -0.4 is 0 Å². The summed E-state index contributed by atoms with van der Waals surface area (Å²) in [6, 6.07) is 4.08. The molecule has 0 spiro atoms. The summed E-state index contributed by atoms with van der Waals surface area (Å²) in [5, 5.41) is 0. The summed E-state index contributed by atoms with van der Waals surface area (Å²) in [5.74, 6) is -0.844. The molecule has 1 unspecified atom stereocenters. The lowest BCUT2D eigenvalue weighted by atomic mass is 9.76. The molecule has 1 heterocycles. The molecule has 9 nitrogen and oxygen atoms in total. The topological polar surface area (TPSA) is 144 Å². The van der Waals surface area contributed by atoms with Gasteiger partial charge in [-0.3, -0.25) is 4.79 Å². The van der Waals surface area contributed by atoms with Crippen molar-refractivity contribution in [1.82, 2.24) is 0 Å². The fourth-order valence-corrected chi connectivity index (χ4v) is 4.82. The van der Waals surface area contributed by atoms with Crippen molar-refractivity contribution in [3.8, 4) is 0 Å². The van der Waals surface area contributed by atoms with Crippen molar-refractivity contribution in [2.24, 2.45) is 0 Å². The first-order valence-electron chi connectivity index (χ1n) is 9.61. The van der Waals surface area contributed by atoms with Crippen LogP contribution in [-0.4, -0.2) is 61.1 Å². The van der Waals surface area contributed by atoms with Gasteiger partial charge in [-0.05, 0) is 38.8 Å². The number of carbonyl (C=O) groups excluding carboxylic acids is 1. The van der Waals surface area contributed by atoms with Gasteiger partial charge in [0.15, 0.2) is 5.71 Å². The predicted octanol–water partition coefficient (Wildman–Crippen LogP) is 1.64. The molecule has 0 aliphatic carbocycles. The number of fused-ring (bicyclic) bond motifs is 1. The van der Waals surface area contributed by atoms with Gasteiger partial charge in [-0.15, -0.1) is 0 Å². The highest BCUT2D eigenvalue weighted by Gasteiger charge is 2.46. The van der Waals surface area contributed by atoms with Crippen LogP contribution >= 0.6 is 0 Å². The molecule has 1 aromatic carbocycles. The molecule has 0 radical (unpaired) electrons. The van der Waals surface area contributed by atoms with Crippen LogP contribution in [0, 0.1) is 0 Å². The molecular weight excluding hydrogens is 434 g/mol. The molecule has 1 aliphatic heterocycles. The smallest absolute Gasteiger partial charge is 0.305 e. The van der Waals surface area contributed by atoms with E-state index in [2.05, 4.69) is 0 Å². The van der Waals surface area contributed by atoms with E-state index in [4.69, 9.17) is 4.74 Å². The quantitative estimate of drug-likeness (QED) is 0.291. The highest BCUT2D eigenvalue weighted by atomic mass is 32.2. The fraction of sp³-hybridized carbons (Fsp3) is 0.579. The van der Waals surface area contributed by atoms with Crippen LogP contribution in [0.1, 0.15) is 52.0 Å². The minimum Gasteiger partial charge on any atom is -0.748 e. The van der Waals surface area contributed by atoms with E-state index in [1.807, 2.05) is 18.4 Å². The molecule has 0 N–H and O–H groups in total. The Kier molecular flexibility index (Phi) is 7.44. The van der Waals surface area contributed by atoms with E-state index in [1.54, 1.807) is 6.92 Å². The maximum Gasteiger partial charge on any atom is 0.305 e. The zero-order valence-corrected chi connectivity index (χ0v) is 18.8. The van der Waals surface area contributed by atoms with E-state index >= 15 is 0 Å². The van der Waals surface area contributed by atoms with Crippen LogP contribution in [0.2, 0.25) is 0 Å². The van der Waals surface area contributed by atoms with Crippen LogP contribution in [0.25, 0.3) is 0 Å². The number of rotatable bonds is 10. The third-order valence-corrected chi connectivity index (χ3v) is 7.10. The highest BCUT2D eigenvalue weighted by Crippen LogP contribution is 2.44. The van der Waals surface area contributed by atoms with Gasteiger partial charge in [0.05, 0.1) is 27.0 Å². The van der Waals surface area contributed by atoms with Crippen molar-refractivity contribution in [3.05, 3.63) is 23.8 Å². The standard InChI is InChI=1S/C19H27NO8S2/c1-4-28-18(21)7-5-10-19(3)14(2)20(11-6-12-29(22,23)24)17-9-8-15(13-16(17)19)30(25,26)27/h8-9,13H,4-7,10-12H2,1-3H3,(H-,22,23,24,25,26,27)/p-1. The van der Waals surface area contributed by atoms with Crippen molar-refractivity contribution in [1.29, 1.82) is 0 Å². The molecule has 11 heteroatoms. The minimum absolute atomic E-state index is 0.100. The SMILES string of the molecule is CCOC(=O)CCCC1(C)C(C)=[N+](CCCS(=O)(=O)[O-])c2ccc(S(=O)(=O)[O-])cc21. The van der Waals surface area contributed by atoms with Crippen LogP contribution in [0.3, 0.4) is 0 Å². The Morgan fingerprint density at radius 3 is 2.40 bits per heavy atom. The molecule has 1 aromatic rings. The molecule has 2 rings (SSSR count).